The lowest BCUT2D eigenvalue weighted by atomic mass is 10.2. The molecule has 0 unspecified atom stereocenters. The van der Waals surface area contributed by atoms with E-state index in [2.05, 4.69) is 5.32 Å². The van der Waals surface area contributed by atoms with Crippen LogP contribution < -0.4 is 15.5 Å². The van der Waals surface area contributed by atoms with Gasteiger partial charge in [-0.1, -0.05) is 48.0 Å². The van der Waals surface area contributed by atoms with Gasteiger partial charge in [0, 0.05) is 28.9 Å². The van der Waals surface area contributed by atoms with Crippen molar-refractivity contribution in [1.82, 2.24) is 9.88 Å². The lowest BCUT2D eigenvalue weighted by molar-refractivity contribution is -0.121. The van der Waals surface area contributed by atoms with E-state index in [1.54, 1.807) is 36.4 Å². The monoisotopic (exact) mass is 430 g/mol. The number of nitrogens with one attached hydrogen (secondary N) is 1. The van der Waals surface area contributed by atoms with Crippen molar-refractivity contribution >= 4 is 17.5 Å². The standard InChI is InChI=1S/C22H20ClFN2O4/c23-18-7-3-1-5-15(18)10-25-22(29)12-26-11-21(20(28)9-17(26)13-27)30-14-16-6-2-4-8-19(16)24/h1-9,11,27H,10,12-14H2,(H,25,29). The maximum atomic E-state index is 13.8. The zero-order valence-electron chi connectivity index (χ0n) is 16.0. The van der Waals surface area contributed by atoms with Crippen molar-refractivity contribution in [3.8, 4) is 5.75 Å². The number of nitrogens with zero attached hydrogens (tertiary/aromatic N) is 1. The summed E-state index contributed by atoms with van der Waals surface area (Å²) in [4.78, 5) is 24.6. The molecule has 8 heteroatoms. The van der Waals surface area contributed by atoms with Crippen LogP contribution in [0, 0.1) is 5.82 Å². The molecule has 3 aromatic rings. The summed E-state index contributed by atoms with van der Waals surface area (Å²) in [5, 5.41) is 12.8. The fourth-order valence-electron chi connectivity index (χ4n) is 2.80. The highest BCUT2D eigenvalue weighted by molar-refractivity contribution is 6.31. The Morgan fingerprint density at radius 3 is 2.53 bits per heavy atom. The maximum Gasteiger partial charge on any atom is 0.240 e. The largest absolute Gasteiger partial charge is 0.483 e. The number of ether oxygens (including phenoxy) is 1. The van der Waals surface area contributed by atoms with E-state index in [4.69, 9.17) is 16.3 Å². The van der Waals surface area contributed by atoms with Gasteiger partial charge < -0.3 is 19.7 Å². The van der Waals surface area contributed by atoms with Gasteiger partial charge in [-0.3, -0.25) is 9.59 Å². The molecule has 0 radical (unpaired) electrons. The minimum absolute atomic E-state index is 0.0469. The van der Waals surface area contributed by atoms with Crippen LogP contribution in [0.5, 0.6) is 5.75 Å². The summed E-state index contributed by atoms with van der Waals surface area (Å²) in [7, 11) is 0. The second-order valence-corrected chi connectivity index (χ2v) is 6.93. The third-order valence-electron chi connectivity index (χ3n) is 4.43. The van der Waals surface area contributed by atoms with Crippen LogP contribution in [0.4, 0.5) is 4.39 Å². The van der Waals surface area contributed by atoms with Crippen molar-refractivity contribution in [1.29, 1.82) is 0 Å². The van der Waals surface area contributed by atoms with Crippen molar-refractivity contribution in [3.05, 3.63) is 98.7 Å². The molecule has 0 aliphatic carbocycles. The first kappa shape index (κ1) is 21.5. The molecule has 0 fully saturated rings. The molecule has 156 valence electrons. The van der Waals surface area contributed by atoms with Crippen molar-refractivity contribution in [2.75, 3.05) is 0 Å². The first-order valence-electron chi connectivity index (χ1n) is 9.18. The number of carbonyl (C=O) groups excluding carboxylic acids is 1. The van der Waals surface area contributed by atoms with Crippen LogP contribution in [0.25, 0.3) is 0 Å². The molecular formula is C22H20ClFN2O4. The molecule has 1 amide bonds. The quantitative estimate of drug-likeness (QED) is 0.575. The summed E-state index contributed by atoms with van der Waals surface area (Å²) in [5.74, 6) is -0.827. The lowest BCUT2D eigenvalue weighted by Crippen LogP contribution is -2.29. The summed E-state index contributed by atoms with van der Waals surface area (Å²) in [6.45, 7) is -0.472. The second-order valence-electron chi connectivity index (χ2n) is 6.53. The van der Waals surface area contributed by atoms with Gasteiger partial charge in [-0.25, -0.2) is 4.39 Å². The Morgan fingerprint density at radius 2 is 1.83 bits per heavy atom. The minimum atomic E-state index is -0.469. The molecule has 0 aliphatic heterocycles. The highest BCUT2D eigenvalue weighted by Crippen LogP contribution is 2.15. The number of hydrogen-bond acceptors (Lipinski definition) is 4. The number of pyridine rings is 1. The minimum Gasteiger partial charge on any atom is -0.483 e. The normalized spacial score (nSPS) is 10.6. The van der Waals surface area contributed by atoms with E-state index in [1.165, 1.54) is 22.9 Å². The zero-order chi connectivity index (χ0) is 21.5. The van der Waals surface area contributed by atoms with Crippen LogP contribution in [-0.4, -0.2) is 15.6 Å². The maximum absolute atomic E-state index is 13.8. The predicted octanol–water partition coefficient (Wildman–Crippen LogP) is 3.03. The Hall–Kier alpha value is -3.16. The van der Waals surface area contributed by atoms with Gasteiger partial charge in [-0.15, -0.1) is 0 Å². The molecule has 0 saturated heterocycles. The Morgan fingerprint density at radius 1 is 1.13 bits per heavy atom. The summed E-state index contributed by atoms with van der Waals surface area (Å²) >= 11 is 6.08. The summed E-state index contributed by atoms with van der Waals surface area (Å²) in [6, 6.07) is 14.4. The summed E-state index contributed by atoms with van der Waals surface area (Å²) in [5.41, 5.74) is 0.852. The number of benzene rings is 2. The molecule has 3 rings (SSSR count). The predicted molar refractivity (Wildman–Crippen MR) is 111 cm³/mol. The zero-order valence-corrected chi connectivity index (χ0v) is 16.7. The molecule has 0 saturated carbocycles. The van der Waals surface area contributed by atoms with E-state index in [1.807, 2.05) is 6.07 Å². The molecule has 2 aromatic carbocycles. The number of halogens is 2. The first-order chi connectivity index (χ1) is 14.5. The van der Waals surface area contributed by atoms with Crippen molar-refractivity contribution in [3.63, 3.8) is 0 Å². The number of aliphatic hydroxyl groups is 1. The van der Waals surface area contributed by atoms with Gasteiger partial charge in [-0.05, 0) is 17.7 Å². The SMILES string of the molecule is O=C(Cn1cc(OCc2ccccc2F)c(=O)cc1CO)NCc1ccccc1Cl. The molecule has 2 N–H and O–H groups in total. The molecule has 0 spiro atoms. The van der Waals surface area contributed by atoms with E-state index in [0.717, 1.165) is 5.56 Å². The summed E-state index contributed by atoms with van der Waals surface area (Å²) in [6.07, 6.45) is 1.34. The second kappa shape index (κ2) is 10.0. The fraction of sp³-hybridized carbons (Fsp3) is 0.182. The van der Waals surface area contributed by atoms with Crippen LogP contribution in [-0.2, 0) is 31.1 Å². The van der Waals surface area contributed by atoms with Gasteiger partial charge in [0.25, 0.3) is 0 Å². The highest BCUT2D eigenvalue weighted by Gasteiger charge is 2.12. The van der Waals surface area contributed by atoms with Crippen molar-refractivity contribution in [2.45, 2.75) is 26.3 Å². The number of aliphatic hydroxyl groups excluding tert-OH is 1. The fourth-order valence-corrected chi connectivity index (χ4v) is 3.01. The number of carbonyl (C=O) groups is 1. The van der Waals surface area contributed by atoms with Crippen molar-refractivity contribution in [2.24, 2.45) is 0 Å². The van der Waals surface area contributed by atoms with Crippen LogP contribution in [0.1, 0.15) is 16.8 Å². The number of rotatable bonds is 8. The number of aromatic nitrogens is 1. The van der Waals surface area contributed by atoms with Crippen LogP contribution >= 0.6 is 11.6 Å². The van der Waals surface area contributed by atoms with E-state index in [-0.39, 0.29) is 37.0 Å². The Bertz CT molecular complexity index is 1100. The molecule has 0 bridgehead atoms. The Balaban J connectivity index is 1.71. The third kappa shape index (κ3) is 5.46. The van der Waals surface area contributed by atoms with E-state index in [9.17, 15) is 19.1 Å². The molecule has 1 aromatic heterocycles. The average Bonchev–Trinajstić information content (AvgIpc) is 2.74. The molecule has 1 heterocycles. The first-order valence-corrected chi connectivity index (χ1v) is 9.56. The van der Waals surface area contributed by atoms with Crippen molar-refractivity contribution < 1.29 is 19.0 Å². The van der Waals surface area contributed by atoms with E-state index >= 15 is 0 Å². The molecule has 0 aliphatic rings. The van der Waals surface area contributed by atoms with Gasteiger partial charge in [-0.2, -0.15) is 0 Å². The third-order valence-corrected chi connectivity index (χ3v) is 4.80. The smallest absolute Gasteiger partial charge is 0.240 e. The van der Waals surface area contributed by atoms with E-state index < -0.39 is 17.9 Å². The Labute approximate surface area is 177 Å². The number of amides is 1. The van der Waals surface area contributed by atoms with Gasteiger partial charge in [0.1, 0.15) is 19.0 Å². The molecular weight excluding hydrogens is 411 g/mol. The van der Waals surface area contributed by atoms with Crippen LogP contribution in [0.3, 0.4) is 0 Å². The molecule has 30 heavy (non-hydrogen) atoms. The Kier molecular flexibility index (Phi) is 7.21. The lowest BCUT2D eigenvalue weighted by Gasteiger charge is -2.15. The topological polar surface area (TPSA) is 80.6 Å². The van der Waals surface area contributed by atoms with Crippen LogP contribution in [0.2, 0.25) is 5.02 Å². The molecule has 0 atom stereocenters. The van der Waals surface area contributed by atoms with Crippen LogP contribution in [0.15, 0.2) is 65.6 Å². The summed E-state index contributed by atoms with van der Waals surface area (Å²) < 4.78 is 20.6. The van der Waals surface area contributed by atoms with Gasteiger partial charge >= 0.3 is 0 Å². The average molecular weight is 431 g/mol. The van der Waals surface area contributed by atoms with Gasteiger partial charge in [0.15, 0.2) is 5.75 Å². The number of hydrogen-bond donors (Lipinski definition) is 2. The van der Waals surface area contributed by atoms with Gasteiger partial charge in [0.2, 0.25) is 11.3 Å². The molecule has 6 nitrogen and oxygen atoms in total. The van der Waals surface area contributed by atoms with E-state index in [0.29, 0.717) is 10.6 Å². The van der Waals surface area contributed by atoms with Gasteiger partial charge in [0.05, 0.1) is 12.8 Å². The highest BCUT2D eigenvalue weighted by atomic mass is 35.5.